The molecule has 1 N–H and O–H groups in total. The second-order valence-corrected chi connectivity index (χ2v) is 12.1. The maximum absolute atomic E-state index is 14.7. The third kappa shape index (κ3) is 6.65. The molecule has 8 nitrogen and oxygen atoms in total. The van der Waals surface area contributed by atoms with Crippen LogP contribution >= 0.6 is 11.6 Å². The molecular weight excluding hydrogens is 497 g/mol. The van der Waals surface area contributed by atoms with Crippen LogP contribution in [-0.2, 0) is 14.9 Å². The Labute approximate surface area is 212 Å². The third-order valence-electron chi connectivity index (χ3n) is 7.17. The second kappa shape index (κ2) is 11.3. The van der Waals surface area contributed by atoms with E-state index in [1.165, 1.54) is 4.31 Å². The van der Waals surface area contributed by atoms with Crippen molar-refractivity contribution in [2.45, 2.75) is 70.6 Å². The predicted octanol–water partition coefficient (Wildman–Crippen LogP) is 3.60. The minimum Gasteiger partial charge on any atom is -0.492 e. The first-order chi connectivity index (χ1) is 16.6. The molecule has 4 rings (SSSR count). The number of likely N-dealkylation sites (tertiary alicyclic amines) is 1. The summed E-state index contributed by atoms with van der Waals surface area (Å²) in [7, 11) is -4.13. The summed E-state index contributed by atoms with van der Waals surface area (Å²) in [5.74, 6) is -1.37. The van der Waals surface area contributed by atoms with Crippen molar-refractivity contribution < 1.29 is 27.1 Å². The van der Waals surface area contributed by atoms with Crippen LogP contribution in [0, 0.1) is 11.7 Å². The number of hydrogen-bond acceptors (Lipinski definition) is 6. The van der Waals surface area contributed by atoms with Crippen LogP contribution in [0.5, 0.6) is 5.75 Å². The molecule has 1 saturated carbocycles. The standard InChI is InChI=1S/C24H35ClFN3O5S/c1-16(2)28-13-19(14-28)34-18-7-9-29(10-8-18)35(31,32)27-24(30)20-11-21(25)23(12-22(20)26)33-15-17-5-3-4-6-17/h11-12,16-19H,3-10,13-15H2,1-2H3,(H,27,30). The summed E-state index contributed by atoms with van der Waals surface area (Å²) in [6.07, 6.45) is 5.71. The van der Waals surface area contributed by atoms with Gasteiger partial charge in [-0.05, 0) is 51.5 Å². The van der Waals surface area contributed by atoms with Crippen LogP contribution < -0.4 is 9.46 Å². The van der Waals surface area contributed by atoms with Crippen molar-refractivity contribution in [3.05, 3.63) is 28.5 Å². The summed E-state index contributed by atoms with van der Waals surface area (Å²) in [6.45, 7) is 6.97. The average Bonchev–Trinajstić information content (AvgIpc) is 3.29. The summed E-state index contributed by atoms with van der Waals surface area (Å²) in [5.41, 5.74) is -0.440. The molecule has 3 fully saturated rings. The lowest BCUT2D eigenvalue weighted by atomic mass is 10.1. The van der Waals surface area contributed by atoms with Gasteiger partial charge in [0.25, 0.3) is 5.91 Å². The Kier molecular flexibility index (Phi) is 8.58. The lowest BCUT2D eigenvalue weighted by Crippen LogP contribution is -2.56. The van der Waals surface area contributed by atoms with Gasteiger partial charge in [0, 0.05) is 38.3 Å². The lowest BCUT2D eigenvalue weighted by Gasteiger charge is -2.44. The van der Waals surface area contributed by atoms with E-state index in [0.29, 0.717) is 31.4 Å². The number of nitrogens with zero attached hydrogens (tertiary/aromatic N) is 2. The van der Waals surface area contributed by atoms with Gasteiger partial charge >= 0.3 is 10.2 Å². The van der Waals surface area contributed by atoms with Gasteiger partial charge in [-0.25, -0.2) is 9.11 Å². The van der Waals surface area contributed by atoms with Crippen molar-refractivity contribution in [2.24, 2.45) is 5.92 Å². The van der Waals surface area contributed by atoms with Crippen LogP contribution in [0.3, 0.4) is 0 Å². The van der Waals surface area contributed by atoms with Crippen molar-refractivity contribution in [1.29, 1.82) is 0 Å². The Balaban J connectivity index is 1.28. The van der Waals surface area contributed by atoms with Crippen molar-refractivity contribution in [2.75, 3.05) is 32.8 Å². The molecule has 1 aromatic rings. The van der Waals surface area contributed by atoms with Gasteiger partial charge in [-0.2, -0.15) is 12.7 Å². The van der Waals surface area contributed by atoms with Crippen LogP contribution in [0.15, 0.2) is 12.1 Å². The minimum atomic E-state index is -4.13. The zero-order valence-corrected chi connectivity index (χ0v) is 21.9. The Bertz CT molecular complexity index is 1000. The number of halogens is 2. The van der Waals surface area contributed by atoms with E-state index >= 15 is 0 Å². The largest absolute Gasteiger partial charge is 0.492 e. The van der Waals surface area contributed by atoms with Gasteiger partial charge in [-0.3, -0.25) is 9.69 Å². The first kappa shape index (κ1) is 26.6. The van der Waals surface area contributed by atoms with Crippen LogP contribution in [0.2, 0.25) is 5.02 Å². The number of nitrogens with one attached hydrogen (secondary N) is 1. The van der Waals surface area contributed by atoms with Crippen molar-refractivity contribution in [3.8, 4) is 5.75 Å². The molecule has 1 amide bonds. The molecule has 2 saturated heterocycles. The quantitative estimate of drug-likeness (QED) is 0.524. The molecule has 0 spiro atoms. The van der Waals surface area contributed by atoms with Crippen molar-refractivity contribution >= 4 is 27.7 Å². The molecule has 0 aromatic heterocycles. The Morgan fingerprint density at radius 2 is 1.80 bits per heavy atom. The maximum Gasteiger partial charge on any atom is 0.304 e. The Hall–Kier alpha value is -1.46. The molecule has 2 heterocycles. The van der Waals surface area contributed by atoms with Gasteiger partial charge in [0.2, 0.25) is 0 Å². The number of hydrogen-bond donors (Lipinski definition) is 1. The van der Waals surface area contributed by atoms with E-state index in [-0.39, 0.29) is 36.1 Å². The first-order valence-electron chi connectivity index (χ1n) is 12.5. The molecular formula is C24H35ClFN3O5S. The highest BCUT2D eigenvalue weighted by molar-refractivity contribution is 7.87. The fourth-order valence-electron chi connectivity index (χ4n) is 4.89. The number of carbonyl (C=O) groups excluding carboxylic acids is 1. The number of ether oxygens (including phenoxy) is 2. The van der Waals surface area contributed by atoms with E-state index in [4.69, 9.17) is 21.1 Å². The molecule has 3 aliphatic rings. The van der Waals surface area contributed by atoms with E-state index in [0.717, 1.165) is 50.9 Å². The van der Waals surface area contributed by atoms with Gasteiger partial charge in [0.15, 0.2) is 0 Å². The first-order valence-corrected chi connectivity index (χ1v) is 14.3. The lowest BCUT2D eigenvalue weighted by molar-refractivity contribution is -0.111. The van der Waals surface area contributed by atoms with Crippen LogP contribution in [0.4, 0.5) is 4.39 Å². The number of rotatable bonds is 9. The molecule has 2 aliphatic heterocycles. The molecule has 196 valence electrons. The fourth-order valence-corrected chi connectivity index (χ4v) is 6.28. The third-order valence-corrected chi connectivity index (χ3v) is 8.95. The summed E-state index contributed by atoms with van der Waals surface area (Å²) in [6, 6.07) is 2.65. The summed E-state index contributed by atoms with van der Waals surface area (Å²) >= 11 is 6.20. The fraction of sp³-hybridized carbons (Fsp3) is 0.708. The molecule has 35 heavy (non-hydrogen) atoms. The topological polar surface area (TPSA) is 88.2 Å². The second-order valence-electron chi connectivity index (χ2n) is 10.1. The minimum absolute atomic E-state index is 0.00973. The molecule has 1 aliphatic carbocycles. The van der Waals surface area contributed by atoms with E-state index in [9.17, 15) is 17.6 Å². The van der Waals surface area contributed by atoms with E-state index in [2.05, 4.69) is 18.7 Å². The van der Waals surface area contributed by atoms with Gasteiger partial charge in [0.1, 0.15) is 11.6 Å². The number of benzene rings is 1. The van der Waals surface area contributed by atoms with Gasteiger partial charge in [-0.1, -0.05) is 24.4 Å². The van der Waals surface area contributed by atoms with Crippen LogP contribution in [0.25, 0.3) is 0 Å². The monoisotopic (exact) mass is 531 g/mol. The van der Waals surface area contributed by atoms with E-state index in [1.807, 2.05) is 4.72 Å². The molecule has 0 unspecified atom stereocenters. The zero-order valence-electron chi connectivity index (χ0n) is 20.3. The maximum atomic E-state index is 14.7. The summed E-state index contributed by atoms with van der Waals surface area (Å²) < 4.78 is 55.1. The van der Waals surface area contributed by atoms with Crippen LogP contribution in [-0.4, -0.2) is 74.6 Å². The average molecular weight is 532 g/mol. The molecule has 0 bridgehead atoms. The highest BCUT2D eigenvalue weighted by atomic mass is 35.5. The number of piperidine rings is 1. The Morgan fingerprint density at radius 1 is 1.14 bits per heavy atom. The highest BCUT2D eigenvalue weighted by Crippen LogP contribution is 2.31. The van der Waals surface area contributed by atoms with Crippen molar-refractivity contribution in [1.82, 2.24) is 13.9 Å². The summed E-state index contributed by atoms with van der Waals surface area (Å²) in [5, 5.41) is 0.0666. The normalized spacial score (nSPS) is 21.4. The molecule has 0 atom stereocenters. The predicted molar refractivity (Wildman–Crippen MR) is 131 cm³/mol. The van der Waals surface area contributed by atoms with Crippen LogP contribution in [0.1, 0.15) is 62.7 Å². The van der Waals surface area contributed by atoms with E-state index < -0.39 is 27.5 Å². The summed E-state index contributed by atoms with van der Waals surface area (Å²) in [4.78, 5) is 14.9. The van der Waals surface area contributed by atoms with Crippen molar-refractivity contribution in [3.63, 3.8) is 0 Å². The zero-order chi connectivity index (χ0) is 25.2. The number of amides is 1. The van der Waals surface area contributed by atoms with Gasteiger partial charge in [0.05, 0.1) is 29.4 Å². The number of carbonyl (C=O) groups is 1. The van der Waals surface area contributed by atoms with Gasteiger partial charge < -0.3 is 9.47 Å². The van der Waals surface area contributed by atoms with Gasteiger partial charge in [-0.15, -0.1) is 0 Å². The molecule has 0 radical (unpaired) electrons. The smallest absolute Gasteiger partial charge is 0.304 e. The van der Waals surface area contributed by atoms with E-state index in [1.54, 1.807) is 0 Å². The SMILES string of the molecule is CC(C)N1CC(OC2CCN(S(=O)(=O)NC(=O)c3cc(Cl)c(OCC4CCCC4)cc3F)CC2)C1. The Morgan fingerprint density at radius 3 is 2.43 bits per heavy atom. The molecule has 11 heteroatoms. The molecule has 1 aromatic carbocycles. The highest BCUT2D eigenvalue weighted by Gasteiger charge is 2.35.